The summed E-state index contributed by atoms with van der Waals surface area (Å²) in [5, 5.41) is 2.92. The number of sulfonamides is 1. The van der Waals surface area contributed by atoms with E-state index in [9.17, 15) is 8.42 Å². The largest absolute Gasteiger partial charge is 0.345 e. The zero-order valence-electron chi connectivity index (χ0n) is 14.9. The molecular weight excluding hydrogens is 366 g/mol. The summed E-state index contributed by atoms with van der Waals surface area (Å²) in [7, 11) is -3.41. The third-order valence-electron chi connectivity index (χ3n) is 5.52. The van der Waals surface area contributed by atoms with Crippen LogP contribution in [0, 0.1) is 0 Å². The first-order chi connectivity index (χ1) is 12.6. The van der Waals surface area contributed by atoms with Crippen molar-refractivity contribution < 1.29 is 8.42 Å². The van der Waals surface area contributed by atoms with Crippen LogP contribution in [0.15, 0.2) is 40.7 Å². The first-order valence-corrected chi connectivity index (χ1v) is 11.7. The Balaban J connectivity index is 1.43. The smallest absolute Gasteiger partial charge is 0.243 e. The molecule has 26 heavy (non-hydrogen) atoms. The van der Waals surface area contributed by atoms with Crippen LogP contribution in [0.3, 0.4) is 0 Å². The molecule has 0 unspecified atom stereocenters. The van der Waals surface area contributed by atoms with E-state index in [0.29, 0.717) is 37.0 Å². The highest BCUT2D eigenvalue weighted by Crippen LogP contribution is 2.33. The van der Waals surface area contributed by atoms with Gasteiger partial charge in [-0.3, -0.25) is 0 Å². The van der Waals surface area contributed by atoms with E-state index < -0.39 is 10.0 Å². The second-order valence-corrected chi connectivity index (χ2v) is 9.92. The molecular formula is C19H25N3O2S2. The van der Waals surface area contributed by atoms with Crippen molar-refractivity contribution in [2.24, 2.45) is 0 Å². The van der Waals surface area contributed by atoms with Crippen LogP contribution in [0.1, 0.15) is 43.6 Å². The predicted octanol–water partition coefficient (Wildman–Crippen LogP) is 3.70. The van der Waals surface area contributed by atoms with Gasteiger partial charge in [0.15, 0.2) is 5.13 Å². The lowest BCUT2D eigenvalue weighted by molar-refractivity contribution is 0.384. The lowest BCUT2D eigenvalue weighted by Crippen LogP contribution is -2.48. The minimum absolute atomic E-state index is 0.416. The van der Waals surface area contributed by atoms with Crippen molar-refractivity contribution in [2.75, 3.05) is 31.1 Å². The molecule has 140 valence electrons. The molecule has 2 aromatic rings. The summed E-state index contributed by atoms with van der Waals surface area (Å²) in [6.07, 6.45) is 8.14. The van der Waals surface area contributed by atoms with E-state index in [-0.39, 0.29) is 0 Å². The number of anilines is 1. The van der Waals surface area contributed by atoms with Crippen molar-refractivity contribution in [2.45, 2.75) is 42.9 Å². The number of nitrogens with zero attached hydrogens (tertiary/aromatic N) is 3. The van der Waals surface area contributed by atoms with Gasteiger partial charge in [0.25, 0.3) is 0 Å². The van der Waals surface area contributed by atoms with E-state index in [2.05, 4.69) is 9.88 Å². The first-order valence-electron chi connectivity index (χ1n) is 9.39. The lowest BCUT2D eigenvalue weighted by Gasteiger charge is -2.33. The fourth-order valence-electron chi connectivity index (χ4n) is 3.99. The summed E-state index contributed by atoms with van der Waals surface area (Å²) < 4.78 is 27.5. The molecule has 7 heteroatoms. The molecule has 0 amide bonds. The summed E-state index contributed by atoms with van der Waals surface area (Å²) in [4.78, 5) is 6.89. The zero-order valence-corrected chi connectivity index (χ0v) is 16.5. The highest BCUT2D eigenvalue weighted by molar-refractivity contribution is 7.89. The second-order valence-electron chi connectivity index (χ2n) is 7.11. The number of rotatable bonds is 4. The average Bonchev–Trinajstić information content (AvgIpc) is 3.24. The van der Waals surface area contributed by atoms with E-state index in [0.717, 1.165) is 5.13 Å². The van der Waals surface area contributed by atoms with Crippen LogP contribution in [0.2, 0.25) is 0 Å². The van der Waals surface area contributed by atoms with Crippen molar-refractivity contribution >= 4 is 26.5 Å². The molecule has 2 heterocycles. The highest BCUT2D eigenvalue weighted by Gasteiger charge is 2.29. The Bertz CT molecular complexity index is 805. The Labute approximate surface area is 159 Å². The van der Waals surface area contributed by atoms with Crippen molar-refractivity contribution in [3.8, 4) is 0 Å². The number of hydrogen-bond acceptors (Lipinski definition) is 5. The maximum absolute atomic E-state index is 13.0. The lowest BCUT2D eigenvalue weighted by atomic mass is 9.84. The molecule has 1 aliphatic carbocycles. The number of thiazole rings is 1. The SMILES string of the molecule is O=S(=O)(c1ccc(C2CCCCC2)cc1)N1CCN(c2nccs2)CC1. The molecule has 5 nitrogen and oxygen atoms in total. The van der Waals surface area contributed by atoms with Crippen LogP contribution in [0.4, 0.5) is 5.13 Å². The molecule has 0 atom stereocenters. The Kier molecular flexibility index (Phi) is 5.29. The third kappa shape index (κ3) is 3.66. The average molecular weight is 392 g/mol. The zero-order chi connectivity index (χ0) is 18.0. The van der Waals surface area contributed by atoms with Crippen molar-refractivity contribution in [3.05, 3.63) is 41.4 Å². The number of benzene rings is 1. The predicted molar refractivity (Wildman–Crippen MR) is 105 cm³/mol. The number of piperazine rings is 1. The Morgan fingerprint density at radius 1 is 0.962 bits per heavy atom. The van der Waals surface area contributed by atoms with Crippen LogP contribution >= 0.6 is 11.3 Å². The Morgan fingerprint density at radius 3 is 2.27 bits per heavy atom. The molecule has 2 aliphatic rings. The fourth-order valence-corrected chi connectivity index (χ4v) is 6.11. The van der Waals surface area contributed by atoms with Gasteiger partial charge in [0.1, 0.15) is 0 Å². The Hall–Kier alpha value is -1.44. The Morgan fingerprint density at radius 2 is 1.65 bits per heavy atom. The molecule has 2 fully saturated rings. The molecule has 1 aromatic heterocycles. The van der Waals surface area contributed by atoms with Gasteiger partial charge >= 0.3 is 0 Å². The summed E-state index contributed by atoms with van der Waals surface area (Å²) in [6, 6.07) is 7.64. The molecule has 1 saturated heterocycles. The van der Waals surface area contributed by atoms with Crippen LogP contribution in [0.5, 0.6) is 0 Å². The molecule has 0 radical (unpaired) electrons. The van der Waals surface area contributed by atoms with Crippen LogP contribution in [-0.2, 0) is 10.0 Å². The molecule has 4 rings (SSSR count). The molecule has 0 N–H and O–H groups in total. The summed E-state index contributed by atoms with van der Waals surface area (Å²) in [6.45, 7) is 2.39. The minimum atomic E-state index is -3.41. The van der Waals surface area contributed by atoms with E-state index in [1.807, 2.05) is 17.5 Å². The summed E-state index contributed by atoms with van der Waals surface area (Å²) in [5.41, 5.74) is 1.29. The van der Waals surface area contributed by atoms with Gasteiger partial charge in [-0.2, -0.15) is 4.31 Å². The first kappa shape index (κ1) is 17.9. The van der Waals surface area contributed by atoms with Crippen molar-refractivity contribution in [1.29, 1.82) is 0 Å². The quantitative estimate of drug-likeness (QED) is 0.797. The van der Waals surface area contributed by atoms with Gasteiger partial charge in [-0.25, -0.2) is 13.4 Å². The normalized spacial score (nSPS) is 20.4. The minimum Gasteiger partial charge on any atom is -0.345 e. The molecule has 0 bridgehead atoms. The van der Waals surface area contributed by atoms with Gasteiger partial charge in [0, 0.05) is 37.8 Å². The van der Waals surface area contributed by atoms with Crippen LogP contribution in [-0.4, -0.2) is 43.9 Å². The second kappa shape index (κ2) is 7.66. The molecule has 1 aliphatic heterocycles. The molecule has 0 spiro atoms. The van der Waals surface area contributed by atoms with E-state index in [1.165, 1.54) is 37.7 Å². The van der Waals surface area contributed by atoms with Crippen LogP contribution in [0.25, 0.3) is 0 Å². The van der Waals surface area contributed by atoms with E-state index in [4.69, 9.17) is 0 Å². The monoisotopic (exact) mass is 391 g/mol. The summed E-state index contributed by atoms with van der Waals surface area (Å²) in [5.74, 6) is 0.599. The highest BCUT2D eigenvalue weighted by atomic mass is 32.2. The van der Waals surface area contributed by atoms with E-state index in [1.54, 1.807) is 34.0 Å². The standard InChI is InChI=1S/C19H25N3O2S2/c23-26(24,22-13-11-21(12-14-22)19-20-10-15-25-19)18-8-6-17(7-9-18)16-4-2-1-3-5-16/h6-10,15-16H,1-5,11-14H2. The van der Waals surface area contributed by atoms with Gasteiger partial charge in [-0.15, -0.1) is 11.3 Å². The molecule has 1 saturated carbocycles. The van der Waals surface area contributed by atoms with Gasteiger partial charge < -0.3 is 4.90 Å². The van der Waals surface area contributed by atoms with E-state index >= 15 is 0 Å². The summed E-state index contributed by atoms with van der Waals surface area (Å²) >= 11 is 1.60. The van der Waals surface area contributed by atoms with Gasteiger partial charge in [0.05, 0.1) is 4.90 Å². The van der Waals surface area contributed by atoms with Gasteiger partial charge in [-0.05, 0) is 36.5 Å². The maximum atomic E-state index is 13.0. The fraction of sp³-hybridized carbons (Fsp3) is 0.526. The van der Waals surface area contributed by atoms with Crippen molar-refractivity contribution in [3.63, 3.8) is 0 Å². The number of hydrogen-bond donors (Lipinski definition) is 0. The van der Waals surface area contributed by atoms with Crippen LogP contribution < -0.4 is 4.90 Å². The third-order valence-corrected chi connectivity index (χ3v) is 8.27. The maximum Gasteiger partial charge on any atom is 0.243 e. The topological polar surface area (TPSA) is 53.5 Å². The van der Waals surface area contributed by atoms with Gasteiger partial charge in [0.2, 0.25) is 10.0 Å². The molecule has 1 aromatic carbocycles. The number of aromatic nitrogens is 1. The van der Waals surface area contributed by atoms with Gasteiger partial charge in [-0.1, -0.05) is 31.4 Å². The van der Waals surface area contributed by atoms with Crippen molar-refractivity contribution in [1.82, 2.24) is 9.29 Å².